The second-order valence-corrected chi connectivity index (χ2v) is 6.77. The number of nitrogens with zero attached hydrogens (tertiary/aromatic N) is 1. The first kappa shape index (κ1) is 19.6. The van der Waals surface area contributed by atoms with Crippen LogP contribution in [0, 0.1) is 0 Å². The highest BCUT2D eigenvalue weighted by atomic mass is 79.9. The van der Waals surface area contributed by atoms with Crippen LogP contribution in [0.4, 0.5) is 18.0 Å². The fourth-order valence-electron chi connectivity index (χ4n) is 2.64. The number of likely N-dealkylation sites (tertiary alicyclic amines) is 1. The van der Waals surface area contributed by atoms with E-state index in [9.17, 15) is 22.8 Å². The Bertz CT molecular complexity index is 625. The van der Waals surface area contributed by atoms with E-state index in [0.717, 1.165) is 21.4 Å². The van der Waals surface area contributed by atoms with Crippen molar-refractivity contribution in [1.82, 2.24) is 15.5 Å². The number of nitrogens with one attached hydrogen (secondary N) is 2. The summed E-state index contributed by atoms with van der Waals surface area (Å²) < 4.78 is 38.0. The van der Waals surface area contributed by atoms with Crippen molar-refractivity contribution in [2.24, 2.45) is 0 Å². The molecule has 1 atom stereocenters. The Morgan fingerprint density at radius 2 is 2.12 bits per heavy atom. The molecule has 0 saturated carbocycles. The predicted molar refractivity (Wildman–Crippen MR) is 90.0 cm³/mol. The number of benzene rings is 1. The van der Waals surface area contributed by atoms with Gasteiger partial charge in [-0.3, -0.25) is 4.79 Å². The van der Waals surface area contributed by atoms with Gasteiger partial charge in [0.2, 0.25) is 5.91 Å². The molecule has 2 N–H and O–H groups in total. The summed E-state index contributed by atoms with van der Waals surface area (Å²) in [4.78, 5) is 24.3. The van der Waals surface area contributed by atoms with Crippen LogP contribution in [0.3, 0.4) is 0 Å². The summed E-state index contributed by atoms with van der Waals surface area (Å²) in [6, 6.07) is 6.39. The highest BCUT2D eigenvalue weighted by molar-refractivity contribution is 9.10. The third-order valence-corrected chi connectivity index (χ3v) is 4.28. The molecule has 1 saturated heterocycles. The van der Waals surface area contributed by atoms with E-state index in [2.05, 4.69) is 26.6 Å². The summed E-state index contributed by atoms with van der Waals surface area (Å²) >= 11 is 3.39. The largest absolute Gasteiger partial charge is 0.406 e. The number of halogens is 4. The van der Waals surface area contributed by atoms with Gasteiger partial charge >= 0.3 is 12.2 Å². The van der Waals surface area contributed by atoms with Crippen LogP contribution < -0.4 is 10.6 Å². The maximum atomic E-state index is 12.3. The number of carbonyl (C=O) groups is 2. The lowest BCUT2D eigenvalue weighted by Gasteiger charge is -2.18. The molecule has 3 amide bonds. The minimum absolute atomic E-state index is 0.00776. The first-order valence-corrected chi connectivity index (χ1v) is 8.68. The van der Waals surface area contributed by atoms with Gasteiger partial charge in [0.1, 0.15) is 12.6 Å². The van der Waals surface area contributed by atoms with E-state index in [4.69, 9.17) is 0 Å². The van der Waals surface area contributed by atoms with Crippen molar-refractivity contribution in [3.05, 3.63) is 34.3 Å². The molecule has 1 heterocycles. The Morgan fingerprint density at radius 1 is 1.36 bits per heavy atom. The molecule has 9 heteroatoms. The lowest BCUT2D eigenvalue weighted by atomic mass is 10.1. The molecule has 0 spiro atoms. The van der Waals surface area contributed by atoms with Gasteiger partial charge in [0.15, 0.2) is 0 Å². The maximum Gasteiger partial charge on any atom is 0.406 e. The Morgan fingerprint density at radius 3 is 2.80 bits per heavy atom. The Balaban J connectivity index is 1.68. The summed E-state index contributed by atoms with van der Waals surface area (Å²) in [5.41, 5.74) is 1.13. The van der Waals surface area contributed by atoms with Crippen molar-refractivity contribution < 1.29 is 22.8 Å². The molecule has 2 rings (SSSR count). The van der Waals surface area contributed by atoms with Crippen LogP contribution in [0.1, 0.15) is 18.4 Å². The summed E-state index contributed by atoms with van der Waals surface area (Å²) in [6.07, 6.45) is -2.76. The van der Waals surface area contributed by atoms with Gasteiger partial charge in [-0.25, -0.2) is 4.79 Å². The van der Waals surface area contributed by atoms with Crippen molar-refractivity contribution >= 4 is 27.9 Å². The zero-order valence-electron chi connectivity index (χ0n) is 13.4. The van der Waals surface area contributed by atoms with Crippen molar-refractivity contribution in [3.63, 3.8) is 0 Å². The zero-order valence-corrected chi connectivity index (χ0v) is 15.0. The lowest BCUT2D eigenvalue weighted by Crippen LogP contribution is -2.47. The molecular formula is C16H19BrF3N3O2. The SMILES string of the molecule is O=C(NCCCc1cccc(Br)c1)NC1CCN(CC(F)(F)F)C1=O. The highest BCUT2D eigenvalue weighted by Crippen LogP contribution is 2.20. The summed E-state index contributed by atoms with van der Waals surface area (Å²) in [5, 5.41) is 5.06. The van der Waals surface area contributed by atoms with Crippen LogP contribution in [0.15, 0.2) is 28.7 Å². The Hall–Kier alpha value is -1.77. The highest BCUT2D eigenvalue weighted by Gasteiger charge is 2.39. The monoisotopic (exact) mass is 421 g/mol. The minimum atomic E-state index is -4.43. The second-order valence-electron chi connectivity index (χ2n) is 5.85. The van der Waals surface area contributed by atoms with Crippen molar-refractivity contribution in [2.75, 3.05) is 19.6 Å². The maximum absolute atomic E-state index is 12.3. The third-order valence-electron chi connectivity index (χ3n) is 3.79. The molecule has 0 aliphatic carbocycles. The van der Waals surface area contributed by atoms with Crippen molar-refractivity contribution in [3.8, 4) is 0 Å². The lowest BCUT2D eigenvalue weighted by molar-refractivity contribution is -0.157. The molecule has 25 heavy (non-hydrogen) atoms. The van der Waals surface area contributed by atoms with Crippen LogP contribution >= 0.6 is 15.9 Å². The van der Waals surface area contributed by atoms with Gasteiger partial charge in [-0.1, -0.05) is 28.1 Å². The number of rotatable bonds is 6. The average molecular weight is 422 g/mol. The van der Waals surface area contributed by atoms with Crippen LogP contribution in [0.2, 0.25) is 0 Å². The number of urea groups is 1. The first-order valence-electron chi connectivity index (χ1n) is 7.89. The molecule has 0 aromatic heterocycles. The summed E-state index contributed by atoms with van der Waals surface area (Å²) in [7, 11) is 0. The third kappa shape index (κ3) is 6.56. The standard InChI is InChI=1S/C16H19BrF3N3O2/c17-12-5-1-3-11(9-12)4-2-7-21-15(25)22-13-6-8-23(14(13)24)10-16(18,19)20/h1,3,5,9,13H,2,4,6-8,10H2,(H2,21,22,25). The molecule has 1 aromatic carbocycles. The van der Waals surface area contributed by atoms with Gasteiger partial charge in [-0.2, -0.15) is 13.2 Å². The normalized spacial score (nSPS) is 17.7. The molecule has 1 aliphatic heterocycles. The molecule has 1 aliphatic rings. The van der Waals surface area contributed by atoms with Crippen molar-refractivity contribution in [2.45, 2.75) is 31.5 Å². The molecule has 1 aromatic rings. The van der Waals surface area contributed by atoms with Crippen LogP contribution in [0.25, 0.3) is 0 Å². The van der Waals surface area contributed by atoms with E-state index in [0.29, 0.717) is 13.0 Å². The van der Waals surface area contributed by atoms with Gasteiger partial charge in [0.25, 0.3) is 0 Å². The number of carbonyl (C=O) groups excluding carboxylic acids is 2. The summed E-state index contributed by atoms with van der Waals surface area (Å²) in [6.45, 7) is -0.879. The van der Waals surface area contributed by atoms with Crippen LogP contribution in [-0.4, -0.2) is 48.7 Å². The van der Waals surface area contributed by atoms with E-state index in [1.54, 1.807) is 0 Å². The van der Waals surface area contributed by atoms with Gasteiger partial charge < -0.3 is 15.5 Å². The van der Waals surface area contributed by atoms with Crippen LogP contribution in [0.5, 0.6) is 0 Å². The molecule has 0 bridgehead atoms. The quantitative estimate of drug-likeness (QED) is 0.693. The number of hydrogen-bond acceptors (Lipinski definition) is 2. The molecule has 1 unspecified atom stereocenters. The number of alkyl halides is 3. The fraction of sp³-hybridized carbons (Fsp3) is 0.500. The number of hydrogen-bond donors (Lipinski definition) is 2. The van der Waals surface area contributed by atoms with E-state index < -0.39 is 30.7 Å². The van der Waals surface area contributed by atoms with Gasteiger partial charge in [0.05, 0.1) is 0 Å². The van der Waals surface area contributed by atoms with Crippen molar-refractivity contribution in [1.29, 1.82) is 0 Å². The van der Waals surface area contributed by atoms with E-state index in [-0.39, 0.29) is 13.0 Å². The average Bonchev–Trinajstić information content (AvgIpc) is 2.83. The predicted octanol–water partition coefficient (Wildman–Crippen LogP) is 2.84. The molecule has 0 radical (unpaired) electrons. The number of amides is 3. The first-order chi connectivity index (χ1) is 11.7. The Labute approximate surface area is 152 Å². The molecular weight excluding hydrogens is 403 g/mol. The van der Waals surface area contributed by atoms with Gasteiger partial charge in [-0.05, 0) is 37.0 Å². The molecule has 5 nitrogen and oxygen atoms in total. The molecule has 1 fully saturated rings. The zero-order chi connectivity index (χ0) is 18.4. The van der Waals surface area contributed by atoms with E-state index in [1.807, 2.05) is 24.3 Å². The van der Waals surface area contributed by atoms with Gasteiger partial charge in [-0.15, -0.1) is 0 Å². The topological polar surface area (TPSA) is 61.4 Å². The van der Waals surface area contributed by atoms with E-state index >= 15 is 0 Å². The van der Waals surface area contributed by atoms with Crippen LogP contribution in [-0.2, 0) is 11.2 Å². The summed E-state index contributed by atoms with van der Waals surface area (Å²) in [5.74, 6) is -0.693. The second kappa shape index (κ2) is 8.55. The minimum Gasteiger partial charge on any atom is -0.338 e. The smallest absolute Gasteiger partial charge is 0.338 e. The van der Waals surface area contributed by atoms with Gasteiger partial charge in [0, 0.05) is 17.6 Å². The number of aryl methyl sites for hydroxylation is 1. The van der Waals surface area contributed by atoms with E-state index in [1.165, 1.54) is 0 Å². The Kier molecular flexibility index (Phi) is 6.69. The molecule has 138 valence electrons. The fourth-order valence-corrected chi connectivity index (χ4v) is 3.09.